The van der Waals surface area contributed by atoms with Crippen LogP contribution in [0.5, 0.6) is 17.2 Å². The van der Waals surface area contributed by atoms with Crippen molar-refractivity contribution in [2.45, 2.75) is 19.8 Å². The Balaban J connectivity index is 1.54. The normalized spacial score (nSPS) is 14.9. The average Bonchev–Trinajstić information content (AvgIpc) is 2.74. The zero-order chi connectivity index (χ0) is 22.4. The second kappa shape index (κ2) is 9.91. The molecular weight excluding hydrogens is 413 g/mol. The van der Waals surface area contributed by atoms with Crippen LogP contribution in [0.3, 0.4) is 0 Å². The Hall–Kier alpha value is -2.94. The topological polar surface area (TPSA) is 51.2 Å². The second-order valence-electron chi connectivity index (χ2n) is 7.06. The van der Waals surface area contributed by atoms with Crippen LogP contribution in [-0.2, 0) is 6.54 Å². The van der Waals surface area contributed by atoms with Crippen LogP contribution >= 0.6 is 0 Å². The number of carbonyl (C=O) groups excluding carboxylic acids is 1. The van der Waals surface area contributed by atoms with Crippen molar-refractivity contribution in [3.63, 3.8) is 0 Å². The molecule has 2 aromatic carbocycles. The van der Waals surface area contributed by atoms with E-state index in [0.717, 1.165) is 5.56 Å². The molecule has 9 heteroatoms. The van der Waals surface area contributed by atoms with Gasteiger partial charge in [-0.05, 0) is 42.8 Å². The molecule has 1 aliphatic rings. The van der Waals surface area contributed by atoms with Crippen molar-refractivity contribution >= 4 is 5.91 Å². The van der Waals surface area contributed by atoms with E-state index in [9.17, 15) is 18.0 Å². The monoisotopic (exact) mass is 438 g/mol. The van der Waals surface area contributed by atoms with Crippen LogP contribution in [0.1, 0.15) is 22.8 Å². The quantitative estimate of drug-likeness (QED) is 0.655. The first-order chi connectivity index (χ1) is 14.8. The Kier molecular flexibility index (Phi) is 7.27. The van der Waals surface area contributed by atoms with Crippen LogP contribution < -0.4 is 14.2 Å². The first-order valence-electron chi connectivity index (χ1n) is 9.96. The van der Waals surface area contributed by atoms with E-state index in [4.69, 9.17) is 9.47 Å². The van der Waals surface area contributed by atoms with E-state index in [1.807, 2.05) is 6.92 Å². The number of alkyl halides is 3. The van der Waals surface area contributed by atoms with Crippen LogP contribution in [0.2, 0.25) is 0 Å². The minimum Gasteiger partial charge on any atom is -0.493 e. The molecule has 1 aliphatic heterocycles. The third-order valence-corrected chi connectivity index (χ3v) is 4.93. The number of amides is 1. The third kappa shape index (κ3) is 6.27. The summed E-state index contributed by atoms with van der Waals surface area (Å²) in [6, 6.07) is 11.0. The molecule has 6 nitrogen and oxygen atoms in total. The summed E-state index contributed by atoms with van der Waals surface area (Å²) >= 11 is 0. The molecule has 3 rings (SSSR count). The number of hydrogen-bond donors (Lipinski definition) is 0. The minimum atomic E-state index is -4.70. The van der Waals surface area contributed by atoms with Gasteiger partial charge >= 0.3 is 6.36 Å². The second-order valence-corrected chi connectivity index (χ2v) is 7.06. The van der Waals surface area contributed by atoms with Gasteiger partial charge in [-0.25, -0.2) is 0 Å². The maximum absolute atomic E-state index is 12.9. The van der Waals surface area contributed by atoms with E-state index in [0.29, 0.717) is 56.4 Å². The largest absolute Gasteiger partial charge is 0.573 e. The molecule has 0 aromatic heterocycles. The first-order valence-corrected chi connectivity index (χ1v) is 9.96. The molecule has 0 saturated carbocycles. The number of piperazine rings is 1. The van der Waals surface area contributed by atoms with Gasteiger partial charge in [0, 0.05) is 38.3 Å². The summed E-state index contributed by atoms with van der Waals surface area (Å²) in [4.78, 5) is 16.8. The van der Waals surface area contributed by atoms with Crippen LogP contribution in [0.25, 0.3) is 0 Å². The molecule has 168 valence electrons. The maximum Gasteiger partial charge on any atom is 0.573 e. The van der Waals surface area contributed by atoms with Crippen molar-refractivity contribution in [3.05, 3.63) is 53.6 Å². The lowest BCUT2D eigenvalue weighted by Gasteiger charge is -2.35. The number of methoxy groups -OCH3 is 1. The van der Waals surface area contributed by atoms with Crippen molar-refractivity contribution in [1.82, 2.24) is 9.80 Å². The lowest BCUT2D eigenvalue weighted by Crippen LogP contribution is -2.48. The van der Waals surface area contributed by atoms with Crippen molar-refractivity contribution in [2.75, 3.05) is 39.9 Å². The van der Waals surface area contributed by atoms with Gasteiger partial charge in [-0.1, -0.05) is 12.1 Å². The highest BCUT2D eigenvalue weighted by molar-refractivity contribution is 5.95. The van der Waals surface area contributed by atoms with Crippen LogP contribution in [0.15, 0.2) is 42.5 Å². The summed E-state index contributed by atoms with van der Waals surface area (Å²) in [6.45, 7) is 5.42. The van der Waals surface area contributed by atoms with Gasteiger partial charge in [0.1, 0.15) is 5.75 Å². The number of ether oxygens (including phenoxy) is 3. The smallest absolute Gasteiger partial charge is 0.493 e. The van der Waals surface area contributed by atoms with Crippen molar-refractivity contribution in [2.24, 2.45) is 0 Å². The number of hydrogen-bond acceptors (Lipinski definition) is 5. The van der Waals surface area contributed by atoms with E-state index < -0.39 is 6.36 Å². The van der Waals surface area contributed by atoms with E-state index in [2.05, 4.69) is 9.64 Å². The summed E-state index contributed by atoms with van der Waals surface area (Å²) in [7, 11) is 1.53. The van der Waals surface area contributed by atoms with Gasteiger partial charge in [0.2, 0.25) is 0 Å². The zero-order valence-corrected chi connectivity index (χ0v) is 17.4. The van der Waals surface area contributed by atoms with Gasteiger partial charge in [0.05, 0.1) is 13.7 Å². The van der Waals surface area contributed by atoms with Crippen molar-refractivity contribution in [1.29, 1.82) is 0 Å². The number of benzene rings is 2. The third-order valence-electron chi connectivity index (χ3n) is 4.93. The van der Waals surface area contributed by atoms with E-state index in [-0.39, 0.29) is 11.7 Å². The molecule has 1 amide bonds. The summed E-state index contributed by atoms with van der Waals surface area (Å²) in [5.74, 6) is 0.800. The molecule has 31 heavy (non-hydrogen) atoms. The summed E-state index contributed by atoms with van der Waals surface area (Å²) in [5, 5.41) is 0. The van der Waals surface area contributed by atoms with Gasteiger partial charge in [0.25, 0.3) is 5.91 Å². The number of halogens is 3. The molecule has 0 spiro atoms. The van der Waals surface area contributed by atoms with Gasteiger partial charge in [-0.3, -0.25) is 9.69 Å². The maximum atomic E-state index is 12.9. The predicted molar refractivity (Wildman–Crippen MR) is 108 cm³/mol. The Bertz CT molecular complexity index is 879. The van der Waals surface area contributed by atoms with Crippen LogP contribution in [0.4, 0.5) is 13.2 Å². The average molecular weight is 438 g/mol. The Morgan fingerprint density at radius 1 is 1.00 bits per heavy atom. The summed E-state index contributed by atoms with van der Waals surface area (Å²) < 4.78 is 51.5. The Morgan fingerprint density at radius 2 is 1.68 bits per heavy atom. The molecule has 0 aliphatic carbocycles. The standard InChI is InChI=1S/C22H25F3N2O4/c1-3-30-19-9-6-17(14-20(19)29-2)21(28)27-12-10-26(11-13-27)15-16-4-7-18(8-5-16)31-22(23,24)25/h4-9,14H,3,10-13,15H2,1-2H3. The molecule has 0 N–H and O–H groups in total. The fraction of sp³-hybridized carbons (Fsp3) is 0.409. The van der Waals surface area contributed by atoms with Gasteiger partial charge < -0.3 is 19.1 Å². The molecule has 1 fully saturated rings. The molecule has 1 heterocycles. The molecule has 1 saturated heterocycles. The molecule has 0 bridgehead atoms. The first kappa shape index (κ1) is 22.7. The predicted octanol–water partition coefficient (Wildman–Crippen LogP) is 3.95. The fourth-order valence-electron chi connectivity index (χ4n) is 3.42. The number of carbonyl (C=O) groups is 1. The van der Waals surface area contributed by atoms with E-state index in [1.54, 1.807) is 35.2 Å². The van der Waals surface area contributed by atoms with Gasteiger partial charge in [-0.2, -0.15) is 0 Å². The van der Waals surface area contributed by atoms with E-state index in [1.165, 1.54) is 19.2 Å². The van der Waals surface area contributed by atoms with Crippen LogP contribution in [0, 0.1) is 0 Å². The van der Waals surface area contributed by atoms with Crippen molar-refractivity contribution in [3.8, 4) is 17.2 Å². The Morgan fingerprint density at radius 3 is 2.26 bits per heavy atom. The highest BCUT2D eigenvalue weighted by atomic mass is 19.4. The molecule has 0 radical (unpaired) electrons. The zero-order valence-electron chi connectivity index (χ0n) is 17.4. The minimum absolute atomic E-state index is 0.0744. The molecule has 0 atom stereocenters. The molecule has 0 unspecified atom stereocenters. The lowest BCUT2D eigenvalue weighted by atomic mass is 10.1. The summed E-state index contributed by atoms with van der Waals surface area (Å²) in [6.07, 6.45) is -4.70. The highest BCUT2D eigenvalue weighted by Crippen LogP contribution is 2.29. The SMILES string of the molecule is CCOc1ccc(C(=O)N2CCN(Cc3ccc(OC(F)(F)F)cc3)CC2)cc1OC. The van der Waals surface area contributed by atoms with E-state index >= 15 is 0 Å². The van der Waals surface area contributed by atoms with Crippen LogP contribution in [-0.4, -0.2) is 62.0 Å². The molecular formula is C22H25F3N2O4. The lowest BCUT2D eigenvalue weighted by molar-refractivity contribution is -0.274. The summed E-state index contributed by atoms with van der Waals surface area (Å²) in [5.41, 5.74) is 1.42. The number of rotatable bonds is 7. The fourth-order valence-corrected chi connectivity index (χ4v) is 3.42. The highest BCUT2D eigenvalue weighted by Gasteiger charge is 2.31. The van der Waals surface area contributed by atoms with Gasteiger partial charge in [0.15, 0.2) is 11.5 Å². The molecule has 2 aromatic rings. The van der Waals surface area contributed by atoms with Gasteiger partial charge in [-0.15, -0.1) is 13.2 Å². The Labute approximate surface area is 179 Å². The number of nitrogens with zero attached hydrogens (tertiary/aromatic N) is 2. The van der Waals surface area contributed by atoms with Crippen molar-refractivity contribution < 1.29 is 32.2 Å².